The second kappa shape index (κ2) is 6.50. The van der Waals surface area contributed by atoms with Gasteiger partial charge in [0.05, 0.1) is 23.4 Å². The van der Waals surface area contributed by atoms with Gasteiger partial charge in [0.1, 0.15) is 13.2 Å². The SMILES string of the molecule is CN(Cc1cc(-c2ccco2)on1)S(=O)(=O)c1ccc2c(c1)OCCO2. The lowest BCUT2D eigenvalue weighted by atomic mass is 10.3. The Morgan fingerprint density at radius 3 is 2.65 bits per heavy atom. The maximum atomic E-state index is 12.8. The molecule has 0 N–H and O–H groups in total. The number of fused-ring (bicyclic) bond motifs is 1. The minimum atomic E-state index is -3.72. The highest BCUT2D eigenvalue weighted by atomic mass is 32.2. The van der Waals surface area contributed by atoms with Gasteiger partial charge in [0.15, 0.2) is 17.3 Å². The summed E-state index contributed by atoms with van der Waals surface area (Å²) in [6.07, 6.45) is 1.52. The van der Waals surface area contributed by atoms with Crippen LogP contribution in [0.3, 0.4) is 0 Å². The fraction of sp³-hybridized carbons (Fsp3) is 0.235. The van der Waals surface area contributed by atoms with E-state index in [-0.39, 0.29) is 11.4 Å². The molecule has 1 aliphatic heterocycles. The average Bonchev–Trinajstić information content (AvgIpc) is 3.32. The quantitative estimate of drug-likeness (QED) is 0.675. The predicted molar refractivity (Wildman–Crippen MR) is 90.3 cm³/mol. The van der Waals surface area contributed by atoms with Crippen molar-refractivity contribution >= 4 is 10.0 Å². The van der Waals surface area contributed by atoms with E-state index in [9.17, 15) is 8.42 Å². The Balaban J connectivity index is 1.54. The summed E-state index contributed by atoms with van der Waals surface area (Å²) >= 11 is 0. The van der Waals surface area contributed by atoms with E-state index >= 15 is 0 Å². The molecule has 0 bridgehead atoms. The number of hydrogen-bond donors (Lipinski definition) is 0. The zero-order valence-corrected chi connectivity index (χ0v) is 14.7. The van der Waals surface area contributed by atoms with Gasteiger partial charge in [0, 0.05) is 19.2 Å². The van der Waals surface area contributed by atoms with Gasteiger partial charge >= 0.3 is 0 Å². The van der Waals surface area contributed by atoms with Crippen LogP contribution >= 0.6 is 0 Å². The number of sulfonamides is 1. The Labute approximate surface area is 150 Å². The fourth-order valence-electron chi connectivity index (χ4n) is 2.60. The van der Waals surface area contributed by atoms with E-state index in [1.165, 1.54) is 29.7 Å². The molecule has 0 atom stereocenters. The van der Waals surface area contributed by atoms with Crippen LogP contribution in [0.5, 0.6) is 11.5 Å². The molecule has 0 aliphatic carbocycles. The number of aromatic nitrogens is 1. The van der Waals surface area contributed by atoms with Gasteiger partial charge < -0.3 is 18.4 Å². The van der Waals surface area contributed by atoms with E-state index in [0.717, 1.165) is 0 Å². The minimum absolute atomic E-state index is 0.0565. The first-order valence-electron chi connectivity index (χ1n) is 7.89. The van der Waals surface area contributed by atoms with Crippen LogP contribution in [-0.2, 0) is 16.6 Å². The normalized spacial score (nSPS) is 13.9. The van der Waals surface area contributed by atoms with Crippen LogP contribution in [0.1, 0.15) is 5.69 Å². The third kappa shape index (κ3) is 3.06. The lowest BCUT2D eigenvalue weighted by Gasteiger charge is -2.20. The Morgan fingerprint density at radius 1 is 1.08 bits per heavy atom. The first-order valence-corrected chi connectivity index (χ1v) is 9.33. The number of benzene rings is 1. The first-order chi connectivity index (χ1) is 12.5. The molecule has 2 aromatic heterocycles. The molecule has 9 heteroatoms. The summed E-state index contributed by atoms with van der Waals surface area (Å²) in [5.41, 5.74) is 0.472. The molecule has 3 aromatic rings. The molecule has 0 unspecified atom stereocenters. The highest BCUT2D eigenvalue weighted by molar-refractivity contribution is 7.89. The summed E-state index contributed by atoms with van der Waals surface area (Å²) in [4.78, 5) is 0.124. The van der Waals surface area contributed by atoms with E-state index in [2.05, 4.69) is 5.16 Å². The van der Waals surface area contributed by atoms with E-state index in [1.807, 2.05) is 0 Å². The van der Waals surface area contributed by atoms with Gasteiger partial charge in [-0.15, -0.1) is 0 Å². The van der Waals surface area contributed by atoms with Crippen molar-refractivity contribution in [2.75, 3.05) is 20.3 Å². The molecule has 8 nitrogen and oxygen atoms in total. The largest absolute Gasteiger partial charge is 0.486 e. The molecule has 26 heavy (non-hydrogen) atoms. The lowest BCUT2D eigenvalue weighted by Crippen LogP contribution is -2.27. The van der Waals surface area contributed by atoms with Crippen molar-refractivity contribution in [1.82, 2.24) is 9.46 Å². The third-order valence-electron chi connectivity index (χ3n) is 3.93. The van der Waals surface area contributed by atoms with Crippen molar-refractivity contribution in [3.8, 4) is 23.0 Å². The second-order valence-corrected chi connectivity index (χ2v) is 7.77. The van der Waals surface area contributed by atoms with E-state index in [1.54, 1.807) is 24.3 Å². The molecule has 0 spiro atoms. The van der Waals surface area contributed by atoms with Gasteiger partial charge in [0.25, 0.3) is 0 Å². The van der Waals surface area contributed by atoms with Crippen molar-refractivity contribution < 1.29 is 26.8 Å². The summed E-state index contributed by atoms with van der Waals surface area (Å²) in [5, 5.41) is 3.90. The molecule has 0 saturated heterocycles. The standard InChI is InChI=1S/C17H16N2O6S/c1-19(11-12-9-17(25-18-12)14-3-2-6-22-14)26(20,21)13-4-5-15-16(10-13)24-8-7-23-15/h2-6,9-10H,7-8,11H2,1H3. The van der Waals surface area contributed by atoms with Crippen molar-refractivity contribution in [3.05, 3.63) is 48.4 Å². The van der Waals surface area contributed by atoms with Crippen molar-refractivity contribution in [2.45, 2.75) is 11.4 Å². The van der Waals surface area contributed by atoms with Crippen molar-refractivity contribution in [2.24, 2.45) is 0 Å². The van der Waals surface area contributed by atoms with Gasteiger partial charge in [-0.1, -0.05) is 5.16 Å². The molecular formula is C17H16N2O6S. The van der Waals surface area contributed by atoms with Crippen LogP contribution in [0.15, 0.2) is 56.5 Å². The second-order valence-electron chi connectivity index (χ2n) is 5.73. The minimum Gasteiger partial charge on any atom is -0.486 e. The van der Waals surface area contributed by atoms with Gasteiger partial charge in [-0.2, -0.15) is 4.31 Å². The highest BCUT2D eigenvalue weighted by Gasteiger charge is 2.25. The molecule has 1 aliphatic rings. The predicted octanol–water partition coefficient (Wildman–Crippen LogP) is 2.53. The molecule has 4 rings (SSSR count). The van der Waals surface area contributed by atoms with Crippen molar-refractivity contribution in [3.63, 3.8) is 0 Å². The number of rotatable bonds is 5. The molecule has 0 fully saturated rings. The third-order valence-corrected chi connectivity index (χ3v) is 5.73. The van der Waals surface area contributed by atoms with Gasteiger partial charge in [-0.05, 0) is 24.3 Å². The number of ether oxygens (including phenoxy) is 2. The Kier molecular flexibility index (Phi) is 4.17. The fourth-order valence-corrected chi connectivity index (χ4v) is 3.76. The summed E-state index contributed by atoms with van der Waals surface area (Å²) in [7, 11) is -2.24. The molecule has 0 amide bonds. The van der Waals surface area contributed by atoms with E-state index in [4.69, 9.17) is 18.4 Å². The summed E-state index contributed by atoms with van der Waals surface area (Å²) in [6.45, 7) is 0.894. The van der Waals surface area contributed by atoms with E-state index < -0.39 is 10.0 Å². The average molecular weight is 376 g/mol. The maximum absolute atomic E-state index is 12.8. The summed E-state index contributed by atoms with van der Waals surface area (Å²) < 4.78 is 48.1. The zero-order valence-electron chi connectivity index (χ0n) is 13.9. The molecule has 0 saturated carbocycles. The van der Waals surface area contributed by atoms with Gasteiger partial charge in [0.2, 0.25) is 15.8 Å². The van der Waals surface area contributed by atoms with Crippen LogP contribution in [-0.4, -0.2) is 38.1 Å². The van der Waals surface area contributed by atoms with Gasteiger partial charge in [-0.25, -0.2) is 8.42 Å². The first kappa shape index (κ1) is 16.7. The summed E-state index contributed by atoms with van der Waals surface area (Å²) in [5.74, 6) is 1.93. The van der Waals surface area contributed by atoms with Gasteiger partial charge in [-0.3, -0.25) is 0 Å². The Morgan fingerprint density at radius 2 is 1.88 bits per heavy atom. The number of furan rings is 1. The van der Waals surface area contributed by atoms with E-state index in [0.29, 0.717) is 41.9 Å². The van der Waals surface area contributed by atoms with Crippen LogP contribution in [0, 0.1) is 0 Å². The highest BCUT2D eigenvalue weighted by Crippen LogP contribution is 2.33. The smallest absolute Gasteiger partial charge is 0.243 e. The van der Waals surface area contributed by atoms with Crippen LogP contribution < -0.4 is 9.47 Å². The lowest BCUT2D eigenvalue weighted by molar-refractivity contribution is 0.171. The summed E-state index contributed by atoms with van der Waals surface area (Å²) in [6, 6.07) is 9.68. The zero-order chi connectivity index (χ0) is 18.1. The maximum Gasteiger partial charge on any atom is 0.243 e. The molecular weight excluding hydrogens is 360 g/mol. The number of hydrogen-bond acceptors (Lipinski definition) is 7. The van der Waals surface area contributed by atoms with Crippen LogP contribution in [0.2, 0.25) is 0 Å². The topological polar surface area (TPSA) is 95.0 Å². The monoisotopic (exact) mass is 376 g/mol. The van der Waals surface area contributed by atoms with Crippen LogP contribution in [0.25, 0.3) is 11.5 Å². The molecule has 0 radical (unpaired) electrons. The molecule has 3 heterocycles. The van der Waals surface area contributed by atoms with Crippen LogP contribution in [0.4, 0.5) is 0 Å². The van der Waals surface area contributed by atoms with Crippen molar-refractivity contribution in [1.29, 1.82) is 0 Å². The molecule has 1 aromatic carbocycles. The number of nitrogens with zero attached hydrogens (tertiary/aromatic N) is 2. The molecule has 136 valence electrons. The Bertz CT molecular complexity index is 1010. The Hall–Kier alpha value is -2.78.